The van der Waals surface area contributed by atoms with Crippen LogP contribution in [0.4, 0.5) is 0 Å². The Kier molecular flexibility index (Phi) is 1.98. The van der Waals surface area contributed by atoms with Gasteiger partial charge in [-0.15, -0.1) is 0 Å². The first kappa shape index (κ1) is 4.69. The van der Waals surface area contributed by atoms with Gasteiger partial charge in [-0.1, -0.05) is 0 Å². The number of carboxylic acids is 1. The van der Waals surface area contributed by atoms with Crippen LogP contribution in [-0.4, -0.2) is 28.6 Å². The Bertz CT molecular complexity index is 221. The lowest BCUT2D eigenvalue weighted by Gasteiger charge is -1.80. The number of carbonyl (C=O) groups excluding carboxylic acids is 1. The molecule has 0 spiro atoms. The van der Waals surface area contributed by atoms with Crippen LogP contribution in [0.15, 0.2) is 12.1 Å². The molecule has 0 aliphatic heterocycles. The van der Waals surface area contributed by atoms with Gasteiger partial charge in [-0.2, -0.15) is 0 Å². The Balaban J connectivity index is 4.66. The van der Waals surface area contributed by atoms with E-state index < -0.39 is 30.5 Å². The third kappa shape index (κ3) is 4.70. The van der Waals surface area contributed by atoms with Crippen molar-refractivity contribution in [3.05, 3.63) is 12.1 Å². The number of aliphatic hydroxyl groups excluding tert-OH is 1. The third-order valence-electron chi connectivity index (χ3n) is 0.452. The van der Waals surface area contributed by atoms with E-state index in [9.17, 15) is 9.59 Å². The highest BCUT2D eigenvalue weighted by atomic mass is 16.4. The van der Waals surface area contributed by atoms with Gasteiger partial charge >= 0.3 is 5.97 Å². The van der Waals surface area contributed by atoms with Crippen molar-refractivity contribution in [3.63, 3.8) is 0 Å². The SMILES string of the molecule is [2H]/C(C(=O)O)=C(/[2H])C(=O)CO. The van der Waals surface area contributed by atoms with Crippen LogP contribution < -0.4 is 0 Å². The molecule has 0 aromatic rings. The molecule has 0 saturated carbocycles. The molecule has 4 nitrogen and oxygen atoms in total. The van der Waals surface area contributed by atoms with Gasteiger partial charge in [0.15, 0.2) is 5.78 Å². The molecule has 0 aliphatic carbocycles. The topological polar surface area (TPSA) is 74.6 Å². The average Bonchev–Trinajstić information content (AvgIpc) is 2.00. The van der Waals surface area contributed by atoms with E-state index in [0.717, 1.165) is 0 Å². The van der Waals surface area contributed by atoms with Crippen molar-refractivity contribution in [2.24, 2.45) is 0 Å². The second-order valence-electron chi connectivity index (χ2n) is 1.14. The number of rotatable bonds is 3. The lowest BCUT2D eigenvalue weighted by molar-refractivity contribution is -0.131. The minimum atomic E-state index is -1.66. The Labute approximate surface area is 54.2 Å². The van der Waals surface area contributed by atoms with Crippen LogP contribution in [0.3, 0.4) is 0 Å². The van der Waals surface area contributed by atoms with E-state index in [4.69, 9.17) is 13.0 Å². The van der Waals surface area contributed by atoms with E-state index in [1.54, 1.807) is 0 Å². The van der Waals surface area contributed by atoms with E-state index in [2.05, 4.69) is 0 Å². The fraction of sp³-hybridized carbons (Fsp3) is 0.200. The van der Waals surface area contributed by atoms with E-state index in [1.807, 2.05) is 0 Å². The summed E-state index contributed by atoms with van der Waals surface area (Å²) in [5, 5.41) is 16.3. The Morgan fingerprint density at radius 1 is 1.56 bits per heavy atom. The van der Waals surface area contributed by atoms with Gasteiger partial charge in [-0.25, -0.2) is 4.79 Å². The van der Waals surface area contributed by atoms with Gasteiger partial charge in [0.1, 0.15) is 6.61 Å². The summed E-state index contributed by atoms with van der Waals surface area (Å²) in [4.78, 5) is 20.3. The van der Waals surface area contributed by atoms with Gasteiger partial charge in [-0.3, -0.25) is 4.79 Å². The van der Waals surface area contributed by atoms with Crippen molar-refractivity contribution >= 4 is 11.8 Å². The molecule has 0 radical (unpaired) electrons. The first-order valence-corrected chi connectivity index (χ1v) is 2.05. The Morgan fingerprint density at radius 2 is 2.11 bits per heavy atom. The molecule has 0 bridgehead atoms. The molecule has 0 heterocycles. The third-order valence-corrected chi connectivity index (χ3v) is 0.452. The second-order valence-corrected chi connectivity index (χ2v) is 1.14. The van der Waals surface area contributed by atoms with Crippen molar-refractivity contribution in [3.8, 4) is 0 Å². The molecule has 0 rings (SSSR count). The molecule has 0 aromatic heterocycles. The maximum Gasteiger partial charge on any atom is 0.328 e. The van der Waals surface area contributed by atoms with Crippen molar-refractivity contribution in [2.75, 3.05) is 6.61 Å². The number of ketones is 1. The molecule has 0 amide bonds. The first-order chi connectivity index (χ1) is 5.00. The lowest BCUT2D eigenvalue weighted by atomic mass is 10.4. The van der Waals surface area contributed by atoms with Crippen molar-refractivity contribution < 1.29 is 22.5 Å². The molecule has 50 valence electrons. The van der Waals surface area contributed by atoms with Crippen LogP contribution >= 0.6 is 0 Å². The maximum atomic E-state index is 10.4. The van der Waals surface area contributed by atoms with Gasteiger partial charge in [-0.05, 0) is 6.05 Å². The van der Waals surface area contributed by atoms with Gasteiger partial charge in [0.05, 0.1) is 2.74 Å². The molecule has 0 fully saturated rings. The number of carboxylic acid groups (broad SMARTS) is 1. The second kappa shape index (κ2) is 3.80. The molecule has 4 heteroatoms. The summed E-state index contributed by atoms with van der Waals surface area (Å²) in [6, 6.07) is -2.09. The Morgan fingerprint density at radius 3 is 2.44 bits per heavy atom. The molecule has 9 heavy (non-hydrogen) atoms. The largest absolute Gasteiger partial charge is 0.478 e. The Hall–Kier alpha value is -1.16. The van der Waals surface area contributed by atoms with Crippen molar-refractivity contribution in [1.82, 2.24) is 0 Å². The van der Waals surface area contributed by atoms with E-state index in [0.29, 0.717) is 0 Å². The molecule has 0 atom stereocenters. The predicted molar refractivity (Wildman–Crippen MR) is 28.9 cm³/mol. The van der Waals surface area contributed by atoms with Gasteiger partial charge in [0, 0.05) is 6.05 Å². The standard InChI is InChI=1S/C5H6O4/c6-3-4(7)1-2-5(8)9/h1-2,6H,3H2,(H,8,9)/b2-1+/i1D,2D. The minimum absolute atomic E-state index is 0.950. The van der Waals surface area contributed by atoms with Crippen LogP contribution in [-0.2, 0) is 9.59 Å². The molecule has 2 N–H and O–H groups in total. The minimum Gasteiger partial charge on any atom is -0.478 e. The average molecular weight is 132 g/mol. The van der Waals surface area contributed by atoms with E-state index >= 15 is 0 Å². The molecule has 0 saturated heterocycles. The zero-order valence-corrected chi connectivity index (χ0v) is 4.42. The first-order valence-electron chi connectivity index (χ1n) is 3.05. The number of carbonyl (C=O) groups is 2. The van der Waals surface area contributed by atoms with Crippen LogP contribution in [0.5, 0.6) is 0 Å². The zero-order valence-electron chi connectivity index (χ0n) is 6.42. The van der Waals surface area contributed by atoms with Crippen LogP contribution in [0.25, 0.3) is 0 Å². The van der Waals surface area contributed by atoms with Crippen LogP contribution in [0.1, 0.15) is 2.74 Å². The summed E-state index contributed by atoms with van der Waals surface area (Å²) in [6.07, 6.45) is 0. The van der Waals surface area contributed by atoms with Crippen LogP contribution in [0.2, 0.25) is 0 Å². The maximum absolute atomic E-state index is 10.4. The monoisotopic (exact) mass is 132 g/mol. The predicted octanol–water partition coefficient (Wildman–Crippen LogP) is -0.811. The highest BCUT2D eigenvalue weighted by molar-refractivity contribution is 5.95. The van der Waals surface area contributed by atoms with Gasteiger partial charge < -0.3 is 10.2 Å². The zero-order chi connectivity index (χ0) is 9.02. The molecular weight excluding hydrogens is 124 g/mol. The molecular formula is C5H6O4. The van der Waals surface area contributed by atoms with Crippen LogP contribution in [0, 0.1) is 0 Å². The fourth-order valence-corrected chi connectivity index (χ4v) is 0.163. The normalized spacial score (nSPS) is 15.2. The highest BCUT2D eigenvalue weighted by Crippen LogP contribution is 1.74. The smallest absolute Gasteiger partial charge is 0.328 e. The van der Waals surface area contributed by atoms with Gasteiger partial charge in [0.25, 0.3) is 0 Å². The number of hydrogen-bond acceptors (Lipinski definition) is 3. The molecule has 0 unspecified atom stereocenters. The molecule has 0 aromatic carbocycles. The van der Waals surface area contributed by atoms with Gasteiger partial charge in [0.2, 0.25) is 0 Å². The van der Waals surface area contributed by atoms with E-state index in [-0.39, 0.29) is 0 Å². The number of hydrogen-bond donors (Lipinski definition) is 2. The fourth-order valence-electron chi connectivity index (χ4n) is 0.163. The summed E-state index contributed by atoms with van der Waals surface area (Å²) < 4.78 is 13.3. The molecule has 0 aliphatic rings. The summed E-state index contributed by atoms with van der Waals surface area (Å²) in [5.74, 6) is -2.73. The summed E-state index contributed by atoms with van der Waals surface area (Å²) >= 11 is 0. The summed E-state index contributed by atoms with van der Waals surface area (Å²) in [6.45, 7) is -0.950. The van der Waals surface area contributed by atoms with Crippen molar-refractivity contribution in [2.45, 2.75) is 0 Å². The highest BCUT2D eigenvalue weighted by Gasteiger charge is 1.91. The number of aliphatic hydroxyl groups is 1. The quantitative estimate of drug-likeness (QED) is 0.492. The number of aliphatic carboxylic acids is 1. The summed E-state index contributed by atoms with van der Waals surface area (Å²) in [7, 11) is 0. The van der Waals surface area contributed by atoms with Crippen molar-refractivity contribution in [1.29, 1.82) is 0 Å². The van der Waals surface area contributed by atoms with E-state index in [1.165, 1.54) is 0 Å². The summed E-state index contributed by atoms with van der Waals surface area (Å²) in [5.41, 5.74) is 0. The lowest BCUT2D eigenvalue weighted by Crippen LogP contribution is -1.99.